The first-order chi connectivity index (χ1) is 12.2. The average Bonchev–Trinajstić information content (AvgIpc) is 3.13. The van der Waals surface area contributed by atoms with Crippen LogP contribution in [0.25, 0.3) is 0 Å². The molecule has 2 saturated heterocycles. The van der Waals surface area contributed by atoms with E-state index in [0.29, 0.717) is 6.04 Å². The van der Waals surface area contributed by atoms with Crippen molar-refractivity contribution in [3.05, 3.63) is 64.1 Å². The van der Waals surface area contributed by atoms with Crippen molar-refractivity contribution in [2.75, 3.05) is 31.6 Å². The van der Waals surface area contributed by atoms with E-state index in [-0.39, 0.29) is 0 Å². The SMILES string of the molecule is CN1CCC(c2ccccc2C2CCCN2c2ccc(Br)cc2)CC1. The van der Waals surface area contributed by atoms with Gasteiger partial charge in [0.1, 0.15) is 0 Å². The van der Waals surface area contributed by atoms with Crippen LogP contribution in [0.2, 0.25) is 0 Å². The quantitative estimate of drug-likeness (QED) is 0.663. The summed E-state index contributed by atoms with van der Waals surface area (Å²) in [6, 6.07) is 18.6. The Balaban J connectivity index is 1.63. The maximum atomic E-state index is 3.56. The lowest BCUT2D eigenvalue weighted by atomic mass is 9.84. The number of nitrogens with zero attached hydrogens (tertiary/aromatic N) is 2. The Morgan fingerprint density at radius 3 is 2.24 bits per heavy atom. The highest BCUT2D eigenvalue weighted by atomic mass is 79.9. The van der Waals surface area contributed by atoms with Crippen LogP contribution < -0.4 is 4.90 Å². The zero-order chi connectivity index (χ0) is 17.2. The van der Waals surface area contributed by atoms with Gasteiger partial charge in [0, 0.05) is 16.7 Å². The van der Waals surface area contributed by atoms with Crippen molar-refractivity contribution in [2.45, 2.75) is 37.6 Å². The predicted octanol–water partition coefficient (Wildman–Crippen LogP) is 5.60. The molecule has 132 valence electrons. The Morgan fingerprint density at radius 1 is 0.840 bits per heavy atom. The third kappa shape index (κ3) is 3.63. The minimum atomic E-state index is 0.525. The fraction of sp³-hybridized carbons (Fsp3) is 0.455. The molecule has 1 unspecified atom stereocenters. The number of piperidine rings is 1. The van der Waals surface area contributed by atoms with E-state index >= 15 is 0 Å². The number of likely N-dealkylation sites (tertiary alicyclic amines) is 1. The third-order valence-corrected chi connectivity index (χ3v) is 6.45. The van der Waals surface area contributed by atoms with Gasteiger partial charge < -0.3 is 9.80 Å². The topological polar surface area (TPSA) is 6.48 Å². The van der Waals surface area contributed by atoms with Gasteiger partial charge in [0.25, 0.3) is 0 Å². The highest BCUT2D eigenvalue weighted by molar-refractivity contribution is 9.10. The summed E-state index contributed by atoms with van der Waals surface area (Å²) in [4.78, 5) is 5.07. The molecule has 0 saturated carbocycles. The molecule has 2 aromatic carbocycles. The molecule has 0 spiro atoms. The van der Waals surface area contributed by atoms with Gasteiger partial charge in [0.2, 0.25) is 0 Å². The summed E-state index contributed by atoms with van der Waals surface area (Å²) in [5, 5.41) is 0. The van der Waals surface area contributed by atoms with E-state index in [1.165, 1.54) is 44.5 Å². The first-order valence-electron chi connectivity index (χ1n) is 9.52. The zero-order valence-electron chi connectivity index (χ0n) is 15.0. The summed E-state index contributed by atoms with van der Waals surface area (Å²) >= 11 is 3.56. The van der Waals surface area contributed by atoms with Crippen LogP contribution in [0.5, 0.6) is 0 Å². The minimum Gasteiger partial charge on any atom is -0.364 e. The molecular formula is C22H27BrN2. The Hall–Kier alpha value is -1.32. The van der Waals surface area contributed by atoms with Crippen molar-refractivity contribution in [1.29, 1.82) is 0 Å². The number of anilines is 1. The lowest BCUT2D eigenvalue weighted by molar-refractivity contribution is 0.254. The second-order valence-electron chi connectivity index (χ2n) is 7.53. The molecule has 2 aromatic rings. The van der Waals surface area contributed by atoms with Crippen molar-refractivity contribution < 1.29 is 0 Å². The van der Waals surface area contributed by atoms with Crippen LogP contribution in [-0.4, -0.2) is 31.6 Å². The Morgan fingerprint density at radius 2 is 1.52 bits per heavy atom. The lowest BCUT2D eigenvalue weighted by Crippen LogP contribution is -2.30. The van der Waals surface area contributed by atoms with Crippen LogP contribution in [0, 0.1) is 0 Å². The van der Waals surface area contributed by atoms with Gasteiger partial charge in [-0.1, -0.05) is 40.2 Å². The number of hydrogen-bond acceptors (Lipinski definition) is 2. The first-order valence-corrected chi connectivity index (χ1v) is 10.3. The van der Waals surface area contributed by atoms with Gasteiger partial charge in [0.15, 0.2) is 0 Å². The summed E-state index contributed by atoms with van der Waals surface area (Å²) in [7, 11) is 2.24. The molecule has 0 N–H and O–H groups in total. The summed E-state index contributed by atoms with van der Waals surface area (Å²) < 4.78 is 1.15. The van der Waals surface area contributed by atoms with Crippen molar-refractivity contribution in [3.8, 4) is 0 Å². The van der Waals surface area contributed by atoms with Crippen molar-refractivity contribution in [3.63, 3.8) is 0 Å². The van der Waals surface area contributed by atoms with Gasteiger partial charge in [-0.3, -0.25) is 0 Å². The summed E-state index contributed by atoms with van der Waals surface area (Å²) in [5.74, 6) is 0.722. The molecule has 0 aliphatic carbocycles. The molecule has 0 bridgehead atoms. The number of benzene rings is 2. The van der Waals surface area contributed by atoms with Crippen molar-refractivity contribution >= 4 is 21.6 Å². The van der Waals surface area contributed by atoms with Gasteiger partial charge in [-0.05, 0) is 87.1 Å². The molecule has 2 fully saturated rings. The molecular weight excluding hydrogens is 372 g/mol. The van der Waals surface area contributed by atoms with E-state index in [0.717, 1.165) is 16.9 Å². The molecule has 25 heavy (non-hydrogen) atoms. The summed E-state index contributed by atoms with van der Waals surface area (Å²) in [6.07, 6.45) is 5.12. The van der Waals surface area contributed by atoms with E-state index in [1.54, 1.807) is 11.1 Å². The van der Waals surface area contributed by atoms with Gasteiger partial charge >= 0.3 is 0 Å². The fourth-order valence-corrected chi connectivity index (χ4v) is 4.80. The van der Waals surface area contributed by atoms with Crippen LogP contribution in [0.1, 0.15) is 48.8 Å². The molecule has 2 aliphatic heterocycles. The van der Waals surface area contributed by atoms with Crippen LogP contribution in [0.3, 0.4) is 0 Å². The Labute approximate surface area is 160 Å². The molecule has 0 radical (unpaired) electrons. The van der Waals surface area contributed by atoms with E-state index in [9.17, 15) is 0 Å². The molecule has 0 aromatic heterocycles. The van der Waals surface area contributed by atoms with Crippen LogP contribution in [0.15, 0.2) is 53.0 Å². The van der Waals surface area contributed by atoms with Crippen LogP contribution >= 0.6 is 15.9 Å². The number of hydrogen-bond donors (Lipinski definition) is 0. The second-order valence-corrected chi connectivity index (χ2v) is 8.45. The Kier molecular flexibility index (Phi) is 5.14. The monoisotopic (exact) mass is 398 g/mol. The number of halogens is 1. The molecule has 2 nitrogen and oxygen atoms in total. The van der Waals surface area contributed by atoms with Gasteiger partial charge in [-0.15, -0.1) is 0 Å². The first kappa shape index (κ1) is 17.1. The molecule has 4 rings (SSSR count). The van der Waals surface area contributed by atoms with Crippen molar-refractivity contribution in [2.24, 2.45) is 0 Å². The van der Waals surface area contributed by atoms with E-state index in [4.69, 9.17) is 0 Å². The van der Waals surface area contributed by atoms with Crippen LogP contribution in [-0.2, 0) is 0 Å². The molecule has 3 heteroatoms. The minimum absolute atomic E-state index is 0.525. The van der Waals surface area contributed by atoms with E-state index in [2.05, 4.69) is 81.3 Å². The van der Waals surface area contributed by atoms with Crippen molar-refractivity contribution in [1.82, 2.24) is 4.90 Å². The molecule has 2 heterocycles. The van der Waals surface area contributed by atoms with Gasteiger partial charge in [-0.25, -0.2) is 0 Å². The highest BCUT2D eigenvalue weighted by Crippen LogP contribution is 2.41. The number of rotatable bonds is 3. The fourth-order valence-electron chi connectivity index (χ4n) is 4.54. The largest absolute Gasteiger partial charge is 0.364 e. The molecule has 2 aliphatic rings. The van der Waals surface area contributed by atoms with Gasteiger partial charge in [-0.2, -0.15) is 0 Å². The maximum Gasteiger partial charge on any atom is 0.0545 e. The van der Waals surface area contributed by atoms with E-state index < -0.39 is 0 Å². The smallest absolute Gasteiger partial charge is 0.0545 e. The Bertz CT molecular complexity index is 704. The lowest BCUT2D eigenvalue weighted by Gasteiger charge is -2.34. The average molecular weight is 399 g/mol. The predicted molar refractivity (Wildman–Crippen MR) is 109 cm³/mol. The summed E-state index contributed by atoms with van der Waals surface area (Å²) in [5.41, 5.74) is 4.52. The maximum absolute atomic E-state index is 3.56. The molecule has 1 atom stereocenters. The van der Waals surface area contributed by atoms with Gasteiger partial charge in [0.05, 0.1) is 6.04 Å². The normalized spacial score (nSPS) is 22.5. The standard InChI is InChI=1S/C22H27BrN2/c1-24-15-12-17(13-16-24)20-5-2-3-6-21(20)22-7-4-14-25(22)19-10-8-18(23)9-11-19/h2-3,5-6,8-11,17,22H,4,7,12-16H2,1H3. The van der Waals surface area contributed by atoms with Crippen LogP contribution in [0.4, 0.5) is 5.69 Å². The zero-order valence-corrected chi connectivity index (χ0v) is 16.6. The second kappa shape index (κ2) is 7.51. The van der Waals surface area contributed by atoms with E-state index in [1.807, 2.05) is 0 Å². The highest BCUT2D eigenvalue weighted by Gasteiger charge is 2.30. The summed E-state index contributed by atoms with van der Waals surface area (Å²) in [6.45, 7) is 3.61. The third-order valence-electron chi connectivity index (χ3n) is 5.92. The molecule has 0 amide bonds.